The molecule has 0 aliphatic heterocycles. The number of benzene rings is 1. The van der Waals surface area contributed by atoms with Crippen LogP contribution in [0.15, 0.2) is 40.8 Å². The Labute approximate surface area is 177 Å². The largest absolute Gasteiger partial charge is 0.464 e. The van der Waals surface area contributed by atoms with E-state index in [2.05, 4.69) is 6.92 Å². The molecule has 1 saturated carbocycles. The number of carbonyl (C=O) groups excluding carboxylic acids is 2. The lowest BCUT2D eigenvalue weighted by Gasteiger charge is -2.27. The second-order valence-electron chi connectivity index (χ2n) is 8.10. The third kappa shape index (κ3) is 6.44. The Morgan fingerprint density at radius 2 is 1.77 bits per heavy atom. The summed E-state index contributed by atoms with van der Waals surface area (Å²) in [6.45, 7) is 4.69. The zero-order valence-electron chi connectivity index (χ0n) is 17.9. The molecule has 6 heteroatoms. The number of aryl methyl sites for hydroxylation is 1. The summed E-state index contributed by atoms with van der Waals surface area (Å²) in [5.74, 6) is 1.11. The third-order valence-electron chi connectivity index (χ3n) is 5.39. The predicted molar refractivity (Wildman–Crippen MR) is 113 cm³/mol. The average molecular weight is 415 g/mol. The van der Waals surface area contributed by atoms with Crippen molar-refractivity contribution in [2.45, 2.75) is 71.5 Å². The maximum atomic E-state index is 13.3. The number of carbonyl (C=O) groups is 2. The Morgan fingerprint density at radius 1 is 1.03 bits per heavy atom. The van der Waals surface area contributed by atoms with Crippen LogP contribution >= 0.6 is 0 Å². The van der Waals surface area contributed by atoms with Gasteiger partial charge in [0.25, 0.3) is 0 Å². The van der Waals surface area contributed by atoms with Crippen molar-refractivity contribution in [1.29, 1.82) is 0 Å². The van der Waals surface area contributed by atoms with Gasteiger partial charge in [-0.15, -0.1) is 0 Å². The lowest BCUT2D eigenvalue weighted by atomic mass is 10.2. The molecule has 162 valence electrons. The number of unbranched alkanes of at least 4 members (excludes halogenated alkanes) is 2. The topological polar surface area (TPSA) is 53.8 Å². The summed E-state index contributed by atoms with van der Waals surface area (Å²) in [5, 5.41) is 0. The molecule has 0 saturated heterocycles. The van der Waals surface area contributed by atoms with Crippen LogP contribution in [-0.4, -0.2) is 34.2 Å². The van der Waals surface area contributed by atoms with Gasteiger partial charge in [0.05, 0.1) is 6.54 Å². The molecule has 0 bridgehead atoms. The van der Waals surface area contributed by atoms with Crippen LogP contribution in [0.25, 0.3) is 0 Å². The maximum absolute atomic E-state index is 13.3. The van der Waals surface area contributed by atoms with E-state index in [-0.39, 0.29) is 30.2 Å². The van der Waals surface area contributed by atoms with Crippen molar-refractivity contribution in [3.63, 3.8) is 0 Å². The maximum Gasteiger partial charge on any atom is 0.242 e. The highest BCUT2D eigenvalue weighted by Crippen LogP contribution is 2.28. The summed E-state index contributed by atoms with van der Waals surface area (Å²) in [6.07, 6.45) is 5.35. The van der Waals surface area contributed by atoms with Crippen LogP contribution in [0.4, 0.5) is 4.39 Å². The minimum Gasteiger partial charge on any atom is -0.464 e. The van der Waals surface area contributed by atoms with E-state index in [9.17, 15) is 14.0 Å². The molecule has 5 nitrogen and oxygen atoms in total. The normalized spacial score (nSPS) is 13.3. The van der Waals surface area contributed by atoms with Crippen LogP contribution in [0.2, 0.25) is 0 Å². The van der Waals surface area contributed by atoms with E-state index in [1.807, 2.05) is 19.1 Å². The molecule has 0 unspecified atom stereocenters. The molecule has 0 spiro atoms. The van der Waals surface area contributed by atoms with Crippen molar-refractivity contribution in [3.8, 4) is 0 Å². The van der Waals surface area contributed by atoms with E-state index in [0.29, 0.717) is 25.3 Å². The Kier molecular flexibility index (Phi) is 7.66. The number of nitrogens with zero attached hydrogens (tertiary/aromatic N) is 2. The van der Waals surface area contributed by atoms with Gasteiger partial charge in [0, 0.05) is 19.0 Å². The van der Waals surface area contributed by atoms with Crippen molar-refractivity contribution in [3.05, 3.63) is 59.3 Å². The van der Waals surface area contributed by atoms with E-state index in [0.717, 1.165) is 43.4 Å². The van der Waals surface area contributed by atoms with Crippen LogP contribution in [0.5, 0.6) is 0 Å². The van der Waals surface area contributed by atoms with E-state index in [1.54, 1.807) is 21.9 Å². The van der Waals surface area contributed by atoms with Gasteiger partial charge in [-0.1, -0.05) is 31.9 Å². The van der Waals surface area contributed by atoms with Crippen LogP contribution in [0.1, 0.15) is 62.5 Å². The minimum atomic E-state index is -0.309. The van der Waals surface area contributed by atoms with Crippen molar-refractivity contribution in [1.82, 2.24) is 9.80 Å². The number of hydrogen-bond acceptors (Lipinski definition) is 3. The van der Waals surface area contributed by atoms with Crippen molar-refractivity contribution in [2.75, 3.05) is 6.54 Å². The molecule has 30 heavy (non-hydrogen) atoms. The van der Waals surface area contributed by atoms with Crippen LogP contribution in [0.3, 0.4) is 0 Å². The van der Waals surface area contributed by atoms with Crippen molar-refractivity contribution in [2.24, 2.45) is 0 Å². The molecule has 1 aliphatic rings. The Morgan fingerprint density at radius 3 is 2.37 bits per heavy atom. The lowest BCUT2D eigenvalue weighted by Crippen LogP contribution is -2.43. The van der Waals surface area contributed by atoms with Crippen molar-refractivity contribution < 1.29 is 18.4 Å². The van der Waals surface area contributed by atoms with Gasteiger partial charge in [-0.25, -0.2) is 4.39 Å². The molecule has 2 amide bonds. The zero-order valence-corrected chi connectivity index (χ0v) is 17.9. The highest BCUT2D eigenvalue weighted by molar-refractivity contribution is 5.85. The van der Waals surface area contributed by atoms with Crippen molar-refractivity contribution >= 4 is 11.8 Å². The molecule has 2 aromatic rings. The Bertz CT molecular complexity index is 842. The molecule has 3 rings (SSSR count). The SMILES string of the molecule is CCCCCC(=O)N(CC(=O)N(Cc1ccc(F)cc1)Cc1ccc(C)o1)C1CC1. The molecular formula is C24H31FN2O3. The summed E-state index contributed by atoms with van der Waals surface area (Å²) < 4.78 is 18.9. The first kappa shape index (κ1) is 22.1. The molecule has 0 atom stereocenters. The van der Waals surface area contributed by atoms with Gasteiger partial charge >= 0.3 is 0 Å². The summed E-state index contributed by atoms with van der Waals surface area (Å²) in [5.41, 5.74) is 0.834. The van der Waals surface area contributed by atoms with Crippen LogP contribution in [-0.2, 0) is 22.7 Å². The molecule has 0 radical (unpaired) electrons. The quantitative estimate of drug-likeness (QED) is 0.495. The van der Waals surface area contributed by atoms with E-state index >= 15 is 0 Å². The van der Waals surface area contributed by atoms with Crippen LogP contribution in [0, 0.1) is 12.7 Å². The van der Waals surface area contributed by atoms with Gasteiger partial charge in [-0.05, 0) is 56.0 Å². The molecule has 1 fully saturated rings. The summed E-state index contributed by atoms with van der Waals surface area (Å²) in [7, 11) is 0. The summed E-state index contributed by atoms with van der Waals surface area (Å²) in [6, 6.07) is 10.0. The first-order valence-electron chi connectivity index (χ1n) is 10.8. The van der Waals surface area contributed by atoms with Gasteiger partial charge < -0.3 is 14.2 Å². The number of halogens is 1. The monoisotopic (exact) mass is 414 g/mol. The fraction of sp³-hybridized carbons (Fsp3) is 0.500. The lowest BCUT2D eigenvalue weighted by molar-refractivity contribution is -0.142. The highest BCUT2D eigenvalue weighted by Gasteiger charge is 2.34. The number of amides is 2. The summed E-state index contributed by atoms with van der Waals surface area (Å²) in [4.78, 5) is 29.4. The van der Waals surface area contributed by atoms with Gasteiger partial charge in [0.1, 0.15) is 23.9 Å². The first-order valence-corrected chi connectivity index (χ1v) is 10.8. The standard InChI is InChI=1S/C24H31FN2O3/c1-3-4-5-6-23(28)27(21-12-13-21)17-24(29)26(16-22-14-7-18(2)30-22)15-19-8-10-20(25)11-9-19/h7-11,14,21H,3-6,12-13,15-17H2,1-2H3. The smallest absolute Gasteiger partial charge is 0.242 e. The Balaban J connectivity index is 1.70. The summed E-state index contributed by atoms with van der Waals surface area (Å²) >= 11 is 0. The second-order valence-corrected chi connectivity index (χ2v) is 8.10. The van der Waals surface area contributed by atoms with Gasteiger partial charge in [0.2, 0.25) is 11.8 Å². The molecular weight excluding hydrogens is 383 g/mol. The molecule has 1 heterocycles. The van der Waals surface area contributed by atoms with Gasteiger partial charge in [-0.2, -0.15) is 0 Å². The molecule has 1 aromatic heterocycles. The number of rotatable bonds is 11. The fourth-order valence-electron chi connectivity index (χ4n) is 3.52. The second kappa shape index (κ2) is 10.4. The van der Waals surface area contributed by atoms with E-state index < -0.39 is 0 Å². The fourth-order valence-corrected chi connectivity index (χ4v) is 3.52. The number of hydrogen-bond donors (Lipinski definition) is 0. The zero-order chi connectivity index (χ0) is 21.5. The average Bonchev–Trinajstić information content (AvgIpc) is 3.48. The molecule has 1 aromatic carbocycles. The number of furan rings is 1. The van der Waals surface area contributed by atoms with Crippen LogP contribution < -0.4 is 0 Å². The predicted octanol–water partition coefficient (Wildman–Crippen LogP) is 4.83. The van der Waals surface area contributed by atoms with Gasteiger partial charge in [-0.3, -0.25) is 9.59 Å². The third-order valence-corrected chi connectivity index (χ3v) is 5.39. The van der Waals surface area contributed by atoms with Gasteiger partial charge in [0.15, 0.2) is 0 Å². The first-order chi connectivity index (χ1) is 14.5. The Hall–Kier alpha value is -2.63. The minimum absolute atomic E-state index is 0.0647. The highest BCUT2D eigenvalue weighted by atomic mass is 19.1. The molecule has 0 N–H and O–H groups in total. The molecule has 1 aliphatic carbocycles. The van der Waals surface area contributed by atoms with E-state index in [4.69, 9.17) is 4.42 Å². The van der Waals surface area contributed by atoms with E-state index in [1.165, 1.54) is 12.1 Å².